The summed E-state index contributed by atoms with van der Waals surface area (Å²) in [6.07, 6.45) is 0.103. The maximum Gasteiger partial charge on any atom is 0.305 e. The van der Waals surface area contributed by atoms with Crippen LogP contribution < -0.4 is 0 Å². The molecule has 0 radical (unpaired) electrons. The van der Waals surface area contributed by atoms with Crippen molar-refractivity contribution in [1.29, 1.82) is 0 Å². The zero-order chi connectivity index (χ0) is 11.4. The molecule has 4 nitrogen and oxygen atoms in total. The van der Waals surface area contributed by atoms with E-state index in [2.05, 4.69) is 0 Å². The lowest BCUT2D eigenvalue weighted by atomic mass is 9.83. The van der Waals surface area contributed by atoms with Crippen molar-refractivity contribution in [3.05, 3.63) is 0 Å². The third-order valence-corrected chi connectivity index (χ3v) is 2.82. The molecule has 4 heteroatoms. The number of hydrogen-bond donors (Lipinski definition) is 1. The molecule has 0 aromatic carbocycles. The normalized spacial score (nSPS) is 15.9. The number of nitrogens with zero attached hydrogens (tertiary/aromatic N) is 1. The third kappa shape index (κ3) is 2.96. The molecule has 0 rings (SSSR count). The molecule has 1 N–H and O–H groups in total. The van der Waals surface area contributed by atoms with Crippen molar-refractivity contribution in [1.82, 2.24) is 4.90 Å². The van der Waals surface area contributed by atoms with Crippen LogP contribution in [0.1, 0.15) is 20.3 Å². The molecule has 0 spiro atoms. The van der Waals surface area contributed by atoms with Gasteiger partial charge in [0.05, 0.1) is 18.6 Å². The number of methoxy groups -OCH3 is 1. The minimum Gasteiger partial charge on any atom is -0.481 e. The summed E-state index contributed by atoms with van der Waals surface area (Å²) in [7, 11) is 5.38. The van der Waals surface area contributed by atoms with E-state index in [1.165, 1.54) is 0 Å². The van der Waals surface area contributed by atoms with Crippen LogP contribution in [0.15, 0.2) is 0 Å². The Morgan fingerprint density at radius 1 is 1.50 bits per heavy atom. The first kappa shape index (κ1) is 13.4. The first-order valence-electron chi connectivity index (χ1n) is 4.75. The SMILES string of the molecule is COCC(CC(=O)O)(C(C)C)N(C)C. The van der Waals surface area contributed by atoms with E-state index in [1.807, 2.05) is 32.8 Å². The van der Waals surface area contributed by atoms with Gasteiger partial charge in [0.1, 0.15) is 0 Å². The molecule has 0 aliphatic rings. The van der Waals surface area contributed by atoms with Gasteiger partial charge in [-0.3, -0.25) is 4.79 Å². The summed E-state index contributed by atoms with van der Waals surface area (Å²) in [5, 5.41) is 8.89. The summed E-state index contributed by atoms with van der Waals surface area (Å²) < 4.78 is 5.13. The Labute approximate surface area is 85.9 Å². The quantitative estimate of drug-likeness (QED) is 0.701. The zero-order valence-electron chi connectivity index (χ0n) is 9.70. The third-order valence-electron chi connectivity index (χ3n) is 2.82. The lowest BCUT2D eigenvalue weighted by Crippen LogP contribution is -2.53. The second-order valence-corrected chi connectivity index (χ2v) is 4.16. The fourth-order valence-electron chi connectivity index (χ4n) is 1.74. The Kier molecular flexibility index (Phi) is 5.08. The molecular formula is C10H21NO3. The van der Waals surface area contributed by atoms with Crippen LogP contribution in [0.5, 0.6) is 0 Å². The second kappa shape index (κ2) is 5.32. The maximum absolute atomic E-state index is 10.8. The summed E-state index contributed by atoms with van der Waals surface area (Å²) in [6.45, 7) is 4.47. The number of hydrogen-bond acceptors (Lipinski definition) is 3. The van der Waals surface area contributed by atoms with Crippen LogP contribution in [-0.2, 0) is 9.53 Å². The van der Waals surface area contributed by atoms with Gasteiger partial charge in [-0.15, -0.1) is 0 Å². The number of rotatable bonds is 6. The Hall–Kier alpha value is -0.610. The van der Waals surface area contributed by atoms with Crippen molar-refractivity contribution in [2.75, 3.05) is 27.8 Å². The van der Waals surface area contributed by atoms with Crippen molar-refractivity contribution in [3.8, 4) is 0 Å². The Morgan fingerprint density at radius 3 is 2.21 bits per heavy atom. The Bertz CT molecular complexity index is 182. The molecule has 0 amide bonds. The molecule has 0 aliphatic carbocycles. The highest BCUT2D eigenvalue weighted by molar-refractivity contribution is 5.68. The largest absolute Gasteiger partial charge is 0.481 e. The fourth-order valence-corrected chi connectivity index (χ4v) is 1.74. The highest BCUT2D eigenvalue weighted by atomic mass is 16.5. The van der Waals surface area contributed by atoms with Gasteiger partial charge in [-0.25, -0.2) is 0 Å². The molecule has 84 valence electrons. The van der Waals surface area contributed by atoms with E-state index in [9.17, 15) is 4.79 Å². The van der Waals surface area contributed by atoms with E-state index in [4.69, 9.17) is 9.84 Å². The topological polar surface area (TPSA) is 49.8 Å². The number of aliphatic carboxylic acids is 1. The fraction of sp³-hybridized carbons (Fsp3) is 0.900. The average molecular weight is 203 g/mol. The van der Waals surface area contributed by atoms with Crippen LogP contribution in [0.25, 0.3) is 0 Å². The van der Waals surface area contributed by atoms with Gasteiger partial charge in [0.15, 0.2) is 0 Å². The Morgan fingerprint density at radius 2 is 2.00 bits per heavy atom. The highest BCUT2D eigenvalue weighted by Gasteiger charge is 2.38. The molecular weight excluding hydrogens is 182 g/mol. The molecule has 0 heterocycles. The van der Waals surface area contributed by atoms with Crippen LogP contribution in [0.2, 0.25) is 0 Å². The summed E-state index contributed by atoms with van der Waals surface area (Å²) in [5.41, 5.74) is -0.416. The van der Waals surface area contributed by atoms with Crippen LogP contribution in [0.4, 0.5) is 0 Å². The summed E-state index contributed by atoms with van der Waals surface area (Å²) in [6, 6.07) is 0. The van der Waals surface area contributed by atoms with Gasteiger partial charge in [-0.05, 0) is 20.0 Å². The van der Waals surface area contributed by atoms with E-state index in [0.717, 1.165) is 0 Å². The van der Waals surface area contributed by atoms with Gasteiger partial charge in [0, 0.05) is 7.11 Å². The monoisotopic (exact) mass is 203 g/mol. The number of carboxylic acid groups (broad SMARTS) is 1. The summed E-state index contributed by atoms with van der Waals surface area (Å²) in [5.74, 6) is -0.557. The van der Waals surface area contributed by atoms with Crippen LogP contribution >= 0.6 is 0 Å². The van der Waals surface area contributed by atoms with Crippen LogP contribution in [0, 0.1) is 5.92 Å². The summed E-state index contributed by atoms with van der Waals surface area (Å²) in [4.78, 5) is 12.8. The lowest BCUT2D eigenvalue weighted by molar-refractivity contribution is -0.142. The lowest BCUT2D eigenvalue weighted by Gasteiger charge is -2.41. The first-order chi connectivity index (χ1) is 6.36. The second-order valence-electron chi connectivity index (χ2n) is 4.16. The minimum absolute atomic E-state index is 0.103. The molecule has 1 unspecified atom stereocenters. The predicted octanol–water partition coefficient (Wildman–Crippen LogP) is 1.06. The van der Waals surface area contributed by atoms with Gasteiger partial charge in [-0.1, -0.05) is 13.8 Å². The molecule has 1 atom stereocenters. The van der Waals surface area contributed by atoms with Gasteiger partial charge in [-0.2, -0.15) is 0 Å². The molecule has 0 saturated heterocycles. The van der Waals surface area contributed by atoms with Crippen LogP contribution in [-0.4, -0.2) is 49.3 Å². The van der Waals surface area contributed by atoms with Gasteiger partial charge >= 0.3 is 5.97 Å². The maximum atomic E-state index is 10.8. The van der Waals surface area contributed by atoms with Crippen molar-refractivity contribution in [2.45, 2.75) is 25.8 Å². The zero-order valence-corrected chi connectivity index (χ0v) is 9.70. The van der Waals surface area contributed by atoms with Crippen molar-refractivity contribution in [2.24, 2.45) is 5.92 Å². The molecule has 0 aliphatic heterocycles. The standard InChI is InChI=1S/C10H21NO3/c1-8(2)10(7-14-5,11(3)4)6-9(12)13/h8H,6-7H2,1-5H3,(H,12,13). The van der Waals surface area contributed by atoms with Gasteiger partial charge < -0.3 is 14.7 Å². The van der Waals surface area contributed by atoms with E-state index in [0.29, 0.717) is 6.61 Å². The minimum atomic E-state index is -0.788. The van der Waals surface area contributed by atoms with Gasteiger partial charge in [0.25, 0.3) is 0 Å². The highest BCUT2D eigenvalue weighted by Crippen LogP contribution is 2.27. The van der Waals surface area contributed by atoms with Crippen molar-refractivity contribution < 1.29 is 14.6 Å². The number of ether oxygens (including phenoxy) is 1. The predicted molar refractivity (Wildman–Crippen MR) is 55.4 cm³/mol. The molecule has 0 bridgehead atoms. The van der Waals surface area contributed by atoms with E-state index < -0.39 is 11.5 Å². The van der Waals surface area contributed by atoms with Gasteiger partial charge in [0.2, 0.25) is 0 Å². The molecule has 0 aromatic rings. The number of likely N-dealkylation sites (N-methyl/N-ethyl adjacent to an activating group) is 1. The van der Waals surface area contributed by atoms with Crippen molar-refractivity contribution in [3.63, 3.8) is 0 Å². The average Bonchev–Trinajstić information content (AvgIpc) is 2.01. The molecule has 14 heavy (non-hydrogen) atoms. The number of carboxylic acids is 1. The number of carbonyl (C=O) groups is 1. The van der Waals surface area contributed by atoms with E-state index in [1.54, 1.807) is 7.11 Å². The molecule has 0 aromatic heterocycles. The smallest absolute Gasteiger partial charge is 0.305 e. The van der Waals surface area contributed by atoms with E-state index in [-0.39, 0.29) is 12.3 Å². The van der Waals surface area contributed by atoms with Crippen LogP contribution in [0.3, 0.4) is 0 Å². The van der Waals surface area contributed by atoms with Crippen molar-refractivity contribution >= 4 is 5.97 Å². The molecule has 0 fully saturated rings. The molecule has 0 saturated carbocycles. The first-order valence-corrected chi connectivity index (χ1v) is 4.75. The summed E-state index contributed by atoms with van der Waals surface area (Å²) >= 11 is 0. The van der Waals surface area contributed by atoms with E-state index >= 15 is 0 Å². The Balaban J connectivity index is 4.83.